The molecule has 0 saturated heterocycles. The number of nitrogens with one attached hydrogen (secondary N) is 1. The minimum Gasteiger partial charge on any atom is -0.315 e. The molecule has 0 radical (unpaired) electrons. The third-order valence-corrected chi connectivity index (χ3v) is 5.03. The van der Waals surface area contributed by atoms with E-state index in [1.54, 1.807) is 47.2 Å². The molecule has 0 atom stereocenters. The normalized spacial score (nSPS) is 11.6. The standard InChI is InChI=1S/C17H15FN2O2S/c1-19-23(21,22)17-7-3-2-5-16(17)20-12-4-6-15(20)13-8-10-14(18)11-9-13/h2-12,19H,1H3. The Morgan fingerprint density at radius 3 is 2.35 bits per heavy atom. The number of para-hydroxylation sites is 1. The Hall–Kier alpha value is -2.44. The van der Waals surface area contributed by atoms with Crippen molar-refractivity contribution in [1.82, 2.24) is 9.29 Å². The molecule has 1 N–H and O–H groups in total. The topological polar surface area (TPSA) is 51.1 Å². The summed E-state index contributed by atoms with van der Waals surface area (Å²) >= 11 is 0. The first-order valence-electron chi connectivity index (χ1n) is 6.99. The molecule has 0 amide bonds. The first-order chi connectivity index (χ1) is 11.0. The van der Waals surface area contributed by atoms with E-state index in [0.29, 0.717) is 5.69 Å². The molecule has 118 valence electrons. The minimum atomic E-state index is -3.59. The van der Waals surface area contributed by atoms with Crippen molar-refractivity contribution in [2.45, 2.75) is 4.90 Å². The van der Waals surface area contributed by atoms with Crippen molar-refractivity contribution >= 4 is 10.0 Å². The lowest BCUT2D eigenvalue weighted by Crippen LogP contribution is -2.20. The van der Waals surface area contributed by atoms with E-state index in [4.69, 9.17) is 0 Å². The van der Waals surface area contributed by atoms with Gasteiger partial charge in [-0.3, -0.25) is 0 Å². The fourth-order valence-corrected chi connectivity index (χ4v) is 3.36. The van der Waals surface area contributed by atoms with Gasteiger partial charge in [0.2, 0.25) is 10.0 Å². The summed E-state index contributed by atoms with van der Waals surface area (Å²) in [5.74, 6) is -0.315. The van der Waals surface area contributed by atoms with E-state index in [9.17, 15) is 12.8 Å². The van der Waals surface area contributed by atoms with Crippen LogP contribution in [0.4, 0.5) is 4.39 Å². The highest BCUT2D eigenvalue weighted by molar-refractivity contribution is 7.89. The Balaban J connectivity index is 2.19. The Morgan fingerprint density at radius 2 is 1.65 bits per heavy atom. The summed E-state index contributed by atoms with van der Waals surface area (Å²) in [5, 5.41) is 0. The van der Waals surface area contributed by atoms with Crippen molar-refractivity contribution in [3.63, 3.8) is 0 Å². The Labute approximate surface area is 134 Å². The molecule has 3 rings (SSSR count). The van der Waals surface area contributed by atoms with Gasteiger partial charge in [0, 0.05) is 6.20 Å². The van der Waals surface area contributed by atoms with Crippen molar-refractivity contribution in [2.75, 3.05) is 7.05 Å². The Bertz CT molecular complexity index is 931. The van der Waals surface area contributed by atoms with E-state index in [1.165, 1.54) is 19.2 Å². The maximum Gasteiger partial charge on any atom is 0.242 e. The highest BCUT2D eigenvalue weighted by atomic mass is 32.2. The average Bonchev–Trinajstić information content (AvgIpc) is 3.05. The fourth-order valence-electron chi connectivity index (χ4n) is 2.44. The van der Waals surface area contributed by atoms with Crippen LogP contribution < -0.4 is 4.72 Å². The maximum absolute atomic E-state index is 13.1. The van der Waals surface area contributed by atoms with Crippen molar-refractivity contribution < 1.29 is 12.8 Å². The van der Waals surface area contributed by atoms with Crippen LogP contribution in [0.5, 0.6) is 0 Å². The SMILES string of the molecule is CNS(=O)(=O)c1ccccc1-n1cccc1-c1ccc(F)cc1. The smallest absolute Gasteiger partial charge is 0.242 e. The van der Waals surface area contributed by atoms with Gasteiger partial charge in [0.25, 0.3) is 0 Å². The third-order valence-electron chi connectivity index (χ3n) is 3.57. The van der Waals surface area contributed by atoms with Crippen molar-refractivity contribution in [3.8, 4) is 16.9 Å². The molecule has 0 spiro atoms. The zero-order chi connectivity index (χ0) is 16.4. The van der Waals surface area contributed by atoms with Gasteiger partial charge in [0.1, 0.15) is 10.7 Å². The molecule has 6 heteroatoms. The van der Waals surface area contributed by atoms with Crippen LogP contribution >= 0.6 is 0 Å². The first kappa shape index (κ1) is 15.5. The summed E-state index contributed by atoms with van der Waals surface area (Å²) in [6.45, 7) is 0. The molecule has 0 fully saturated rings. The van der Waals surface area contributed by atoms with Crippen molar-refractivity contribution in [3.05, 3.63) is 72.7 Å². The van der Waals surface area contributed by atoms with Crippen molar-refractivity contribution in [1.29, 1.82) is 0 Å². The maximum atomic E-state index is 13.1. The van der Waals surface area contributed by atoms with Crippen LogP contribution in [0.3, 0.4) is 0 Å². The van der Waals surface area contributed by atoms with E-state index in [-0.39, 0.29) is 10.7 Å². The van der Waals surface area contributed by atoms with Crippen molar-refractivity contribution in [2.24, 2.45) is 0 Å². The van der Waals surface area contributed by atoms with Gasteiger partial charge >= 0.3 is 0 Å². The lowest BCUT2D eigenvalue weighted by atomic mass is 10.1. The highest BCUT2D eigenvalue weighted by Gasteiger charge is 2.18. The number of benzene rings is 2. The second kappa shape index (κ2) is 5.98. The van der Waals surface area contributed by atoms with E-state index in [0.717, 1.165) is 11.3 Å². The Kier molecular flexibility index (Phi) is 4.02. The summed E-state index contributed by atoms with van der Waals surface area (Å²) in [7, 11) is -2.21. The van der Waals surface area contributed by atoms with Gasteiger partial charge in [-0.05, 0) is 61.1 Å². The van der Waals surface area contributed by atoms with Gasteiger partial charge < -0.3 is 4.57 Å². The average molecular weight is 330 g/mol. The van der Waals surface area contributed by atoms with E-state index < -0.39 is 10.0 Å². The van der Waals surface area contributed by atoms with Crippen LogP contribution in [0, 0.1) is 5.82 Å². The van der Waals surface area contributed by atoms with Gasteiger partial charge in [0.05, 0.1) is 11.4 Å². The molecule has 2 aromatic carbocycles. The molecule has 3 aromatic rings. The Morgan fingerprint density at radius 1 is 0.957 bits per heavy atom. The molecule has 0 unspecified atom stereocenters. The zero-order valence-corrected chi connectivity index (χ0v) is 13.2. The number of aromatic nitrogens is 1. The van der Waals surface area contributed by atoms with Crippen LogP contribution in [0.25, 0.3) is 16.9 Å². The lowest BCUT2D eigenvalue weighted by molar-refractivity contribution is 0.587. The highest BCUT2D eigenvalue weighted by Crippen LogP contribution is 2.27. The predicted octanol–water partition coefficient (Wildman–Crippen LogP) is 3.19. The van der Waals surface area contributed by atoms with Crippen LogP contribution in [0.2, 0.25) is 0 Å². The van der Waals surface area contributed by atoms with Gasteiger partial charge in [-0.2, -0.15) is 0 Å². The van der Waals surface area contributed by atoms with Gasteiger partial charge in [0.15, 0.2) is 0 Å². The number of nitrogens with zero attached hydrogens (tertiary/aromatic N) is 1. The van der Waals surface area contributed by atoms with Gasteiger partial charge in [-0.15, -0.1) is 0 Å². The number of halogens is 1. The number of hydrogen-bond acceptors (Lipinski definition) is 2. The summed E-state index contributed by atoms with van der Waals surface area (Å²) in [5.41, 5.74) is 2.11. The zero-order valence-electron chi connectivity index (χ0n) is 12.4. The number of hydrogen-bond donors (Lipinski definition) is 1. The largest absolute Gasteiger partial charge is 0.315 e. The van der Waals surface area contributed by atoms with E-state index in [2.05, 4.69) is 4.72 Å². The molecule has 1 heterocycles. The molecule has 0 saturated carbocycles. The second-order valence-electron chi connectivity index (χ2n) is 4.95. The molecular formula is C17H15FN2O2S. The summed E-state index contributed by atoms with van der Waals surface area (Å²) in [6.07, 6.45) is 1.78. The van der Waals surface area contributed by atoms with Crippen LogP contribution in [0.1, 0.15) is 0 Å². The van der Waals surface area contributed by atoms with Crippen LogP contribution in [-0.2, 0) is 10.0 Å². The number of sulfonamides is 1. The van der Waals surface area contributed by atoms with Crippen LogP contribution in [0.15, 0.2) is 71.8 Å². The van der Waals surface area contributed by atoms with Gasteiger partial charge in [-0.25, -0.2) is 17.5 Å². The predicted molar refractivity (Wildman–Crippen MR) is 87.4 cm³/mol. The summed E-state index contributed by atoms with van der Waals surface area (Å²) < 4.78 is 41.7. The van der Waals surface area contributed by atoms with E-state index in [1.807, 2.05) is 12.1 Å². The molecule has 23 heavy (non-hydrogen) atoms. The molecule has 0 bridgehead atoms. The molecule has 4 nitrogen and oxygen atoms in total. The summed E-state index contributed by atoms with van der Waals surface area (Å²) in [4.78, 5) is 0.182. The van der Waals surface area contributed by atoms with Gasteiger partial charge in [-0.1, -0.05) is 12.1 Å². The molecule has 0 aliphatic carbocycles. The molecule has 0 aliphatic heterocycles. The fraction of sp³-hybridized carbons (Fsp3) is 0.0588. The first-order valence-corrected chi connectivity index (χ1v) is 8.47. The van der Waals surface area contributed by atoms with E-state index >= 15 is 0 Å². The second-order valence-corrected chi connectivity index (χ2v) is 6.80. The molecular weight excluding hydrogens is 315 g/mol. The van der Waals surface area contributed by atoms with Crippen LogP contribution in [-0.4, -0.2) is 20.0 Å². The summed E-state index contributed by atoms with van der Waals surface area (Å²) in [6, 6.07) is 16.5. The number of rotatable bonds is 4. The molecule has 1 aromatic heterocycles. The quantitative estimate of drug-likeness (QED) is 0.799. The molecule has 0 aliphatic rings. The third kappa shape index (κ3) is 2.91. The monoisotopic (exact) mass is 330 g/mol. The minimum absolute atomic E-state index is 0.182. The lowest BCUT2D eigenvalue weighted by Gasteiger charge is -2.14.